The van der Waals surface area contributed by atoms with Gasteiger partial charge < -0.3 is 4.42 Å². The van der Waals surface area contributed by atoms with Crippen molar-refractivity contribution >= 4 is 10.0 Å². The molecule has 1 aromatic carbocycles. The number of hydrogen-bond donors (Lipinski definition) is 0. The summed E-state index contributed by atoms with van der Waals surface area (Å²) in [6.45, 7) is 8.69. The highest BCUT2D eigenvalue weighted by Crippen LogP contribution is 2.32. The molecule has 0 unspecified atom stereocenters. The third-order valence-electron chi connectivity index (χ3n) is 5.23. The summed E-state index contributed by atoms with van der Waals surface area (Å²) in [6.07, 6.45) is 2.28. The van der Waals surface area contributed by atoms with Gasteiger partial charge in [0.15, 0.2) is 5.69 Å². The van der Waals surface area contributed by atoms with Gasteiger partial charge in [0.1, 0.15) is 5.76 Å². The number of benzene rings is 1. The topological polar surface area (TPSA) is 81.2 Å². The average molecular weight is 415 g/mol. The Bertz CT molecular complexity index is 1130. The first kappa shape index (κ1) is 19.8. The molecule has 2 aromatic heterocycles. The van der Waals surface area contributed by atoms with E-state index in [0.29, 0.717) is 30.3 Å². The molecule has 0 fully saturated rings. The second-order valence-electron chi connectivity index (χ2n) is 7.91. The molecule has 0 amide bonds. The van der Waals surface area contributed by atoms with Crippen LogP contribution in [0.1, 0.15) is 48.0 Å². The van der Waals surface area contributed by atoms with Crippen LogP contribution in [0, 0.1) is 13.8 Å². The van der Waals surface area contributed by atoms with E-state index in [1.54, 1.807) is 10.5 Å². The summed E-state index contributed by atoms with van der Waals surface area (Å²) in [6, 6.07) is 7.80. The second-order valence-corrected chi connectivity index (χ2v) is 9.88. The van der Waals surface area contributed by atoms with Gasteiger partial charge in [-0.2, -0.15) is 9.40 Å². The zero-order valence-electron chi connectivity index (χ0n) is 17.2. The summed E-state index contributed by atoms with van der Waals surface area (Å²) < 4.78 is 35.4. The molecule has 0 aliphatic carbocycles. The normalized spacial score (nSPS) is 15.1. The molecule has 0 saturated heterocycles. The van der Waals surface area contributed by atoms with Crippen LogP contribution in [0.15, 0.2) is 34.9 Å². The number of aromatic nitrogens is 3. The van der Waals surface area contributed by atoms with Crippen molar-refractivity contribution in [1.82, 2.24) is 19.1 Å². The SMILES string of the molecule is Cc1ccc(CS(=O)(=O)N2CCc3c(c(-c4ncc(C)o4)nn3C(C)C)C2)cc1. The van der Waals surface area contributed by atoms with Crippen molar-refractivity contribution in [1.29, 1.82) is 0 Å². The van der Waals surface area contributed by atoms with Crippen LogP contribution in [0.4, 0.5) is 0 Å². The predicted molar refractivity (Wildman–Crippen MR) is 111 cm³/mol. The fourth-order valence-corrected chi connectivity index (χ4v) is 5.20. The van der Waals surface area contributed by atoms with E-state index >= 15 is 0 Å². The first-order chi connectivity index (χ1) is 13.7. The number of nitrogens with zero attached hydrogens (tertiary/aromatic N) is 4. The monoisotopic (exact) mass is 414 g/mol. The van der Waals surface area contributed by atoms with Crippen LogP contribution in [-0.2, 0) is 28.7 Å². The highest BCUT2D eigenvalue weighted by atomic mass is 32.2. The van der Waals surface area contributed by atoms with Crippen molar-refractivity contribution in [3.05, 3.63) is 58.6 Å². The Hall–Kier alpha value is -2.45. The lowest BCUT2D eigenvalue weighted by Crippen LogP contribution is -2.37. The lowest BCUT2D eigenvalue weighted by atomic mass is 10.1. The van der Waals surface area contributed by atoms with Gasteiger partial charge >= 0.3 is 0 Å². The molecule has 1 aliphatic rings. The quantitative estimate of drug-likeness (QED) is 0.637. The summed E-state index contributed by atoms with van der Waals surface area (Å²) in [5.74, 6) is 1.14. The lowest BCUT2D eigenvalue weighted by Gasteiger charge is -2.27. The fraction of sp³-hybridized carbons (Fsp3) is 0.429. The Labute approximate surface area is 171 Å². The number of oxazole rings is 1. The predicted octanol–water partition coefficient (Wildman–Crippen LogP) is 3.62. The van der Waals surface area contributed by atoms with E-state index < -0.39 is 10.0 Å². The maximum atomic E-state index is 13.1. The molecule has 29 heavy (non-hydrogen) atoms. The van der Waals surface area contributed by atoms with E-state index in [0.717, 1.165) is 22.4 Å². The van der Waals surface area contributed by atoms with Gasteiger partial charge in [0, 0.05) is 36.8 Å². The summed E-state index contributed by atoms with van der Waals surface area (Å²) in [5, 5.41) is 4.72. The second kappa shape index (κ2) is 7.42. The number of sulfonamides is 1. The van der Waals surface area contributed by atoms with Crippen LogP contribution in [0.2, 0.25) is 0 Å². The highest BCUT2D eigenvalue weighted by Gasteiger charge is 2.33. The zero-order chi connectivity index (χ0) is 20.8. The van der Waals surface area contributed by atoms with E-state index in [9.17, 15) is 8.42 Å². The van der Waals surface area contributed by atoms with E-state index in [-0.39, 0.29) is 18.3 Å². The third-order valence-corrected chi connectivity index (χ3v) is 7.02. The number of aryl methyl sites for hydroxylation is 2. The van der Waals surface area contributed by atoms with Crippen LogP contribution in [0.3, 0.4) is 0 Å². The molecular formula is C21H26N4O3S. The van der Waals surface area contributed by atoms with Gasteiger partial charge in [0.25, 0.3) is 0 Å². The summed E-state index contributed by atoms with van der Waals surface area (Å²) in [7, 11) is -3.45. The largest absolute Gasteiger partial charge is 0.440 e. The number of fused-ring (bicyclic) bond motifs is 1. The summed E-state index contributed by atoms with van der Waals surface area (Å²) in [5.41, 5.74) is 4.49. The van der Waals surface area contributed by atoms with E-state index in [4.69, 9.17) is 9.52 Å². The Morgan fingerprint density at radius 2 is 1.90 bits per heavy atom. The van der Waals surface area contributed by atoms with Crippen LogP contribution in [0.5, 0.6) is 0 Å². The summed E-state index contributed by atoms with van der Waals surface area (Å²) >= 11 is 0. The Kier molecular flexibility index (Phi) is 5.08. The fourth-order valence-electron chi connectivity index (χ4n) is 3.71. The molecule has 4 rings (SSSR count). The first-order valence-corrected chi connectivity index (χ1v) is 11.4. The van der Waals surface area contributed by atoms with Gasteiger partial charge in [-0.15, -0.1) is 0 Å². The minimum absolute atomic E-state index is 0.00558. The van der Waals surface area contributed by atoms with Crippen molar-refractivity contribution in [2.24, 2.45) is 0 Å². The van der Waals surface area contributed by atoms with Crippen LogP contribution in [0.25, 0.3) is 11.6 Å². The van der Waals surface area contributed by atoms with Gasteiger partial charge in [-0.1, -0.05) is 29.8 Å². The number of rotatable bonds is 5. The van der Waals surface area contributed by atoms with Crippen LogP contribution in [-0.4, -0.2) is 34.0 Å². The van der Waals surface area contributed by atoms with Crippen LogP contribution >= 0.6 is 0 Å². The van der Waals surface area contributed by atoms with E-state index in [2.05, 4.69) is 18.8 Å². The molecule has 0 N–H and O–H groups in total. The summed E-state index contributed by atoms with van der Waals surface area (Å²) in [4.78, 5) is 4.32. The van der Waals surface area contributed by atoms with E-state index in [1.807, 2.05) is 42.8 Å². The lowest BCUT2D eigenvalue weighted by molar-refractivity contribution is 0.378. The molecular weight excluding hydrogens is 388 g/mol. The third kappa shape index (κ3) is 3.86. The molecule has 0 saturated carbocycles. The van der Waals surface area contributed by atoms with Crippen molar-refractivity contribution in [3.8, 4) is 11.6 Å². The average Bonchev–Trinajstić information content (AvgIpc) is 3.26. The minimum Gasteiger partial charge on any atom is -0.440 e. The molecule has 1 aliphatic heterocycles. The maximum Gasteiger partial charge on any atom is 0.247 e. The Morgan fingerprint density at radius 3 is 2.52 bits per heavy atom. The molecule has 3 aromatic rings. The first-order valence-electron chi connectivity index (χ1n) is 9.81. The van der Waals surface area contributed by atoms with Gasteiger partial charge in [0.05, 0.1) is 11.9 Å². The molecule has 7 nitrogen and oxygen atoms in total. The Morgan fingerprint density at radius 1 is 1.17 bits per heavy atom. The minimum atomic E-state index is -3.45. The van der Waals surface area contributed by atoms with Crippen molar-refractivity contribution in [2.45, 2.75) is 52.5 Å². The standard InChI is InChI=1S/C21H26N4O3S/c1-14(2)25-19-9-10-24(29(26,27)13-17-7-5-15(3)6-8-17)12-18(19)20(23-25)21-22-11-16(4)28-21/h5-8,11,14H,9-10,12-13H2,1-4H3. The van der Waals surface area contributed by atoms with Gasteiger partial charge in [-0.25, -0.2) is 13.4 Å². The van der Waals surface area contributed by atoms with Crippen molar-refractivity contribution < 1.29 is 12.8 Å². The van der Waals surface area contributed by atoms with Crippen molar-refractivity contribution in [2.75, 3.05) is 6.54 Å². The molecule has 154 valence electrons. The van der Waals surface area contributed by atoms with Gasteiger partial charge in [0.2, 0.25) is 15.9 Å². The zero-order valence-corrected chi connectivity index (χ0v) is 18.0. The molecule has 0 radical (unpaired) electrons. The highest BCUT2D eigenvalue weighted by molar-refractivity contribution is 7.88. The van der Waals surface area contributed by atoms with Gasteiger partial charge in [-0.3, -0.25) is 4.68 Å². The molecule has 8 heteroatoms. The molecule has 3 heterocycles. The smallest absolute Gasteiger partial charge is 0.247 e. The van der Waals surface area contributed by atoms with E-state index in [1.165, 1.54) is 0 Å². The molecule has 0 bridgehead atoms. The number of hydrogen-bond acceptors (Lipinski definition) is 5. The Balaban J connectivity index is 1.67. The molecule has 0 spiro atoms. The van der Waals surface area contributed by atoms with Gasteiger partial charge in [-0.05, 0) is 33.3 Å². The van der Waals surface area contributed by atoms with Crippen LogP contribution < -0.4 is 0 Å². The molecule has 0 atom stereocenters. The maximum absolute atomic E-state index is 13.1. The van der Waals surface area contributed by atoms with Crippen molar-refractivity contribution in [3.63, 3.8) is 0 Å².